The SMILES string of the molecule is CC(=C=Nc1ccccc1)c1ccccc1. The van der Waals surface area contributed by atoms with Crippen LogP contribution in [0.2, 0.25) is 0 Å². The number of benzene rings is 2. The summed E-state index contributed by atoms with van der Waals surface area (Å²) in [6.07, 6.45) is 0. The Bertz CT molecular complexity index is 506. The summed E-state index contributed by atoms with van der Waals surface area (Å²) < 4.78 is 0. The van der Waals surface area contributed by atoms with Crippen LogP contribution in [-0.2, 0) is 0 Å². The molecular weight excluding hydrogens is 194 g/mol. The molecule has 0 spiro atoms. The van der Waals surface area contributed by atoms with Gasteiger partial charge in [0, 0.05) is 5.57 Å². The Labute approximate surface area is 95.8 Å². The molecule has 0 saturated carbocycles. The number of hydrogen-bond acceptors (Lipinski definition) is 1. The number of hydrogen-bond donors (Lipinski definition) is 0. The molecule has 0 bridgehead atoms. The summed E-state index contributed by atoms with van der Waals surface area (Å²) in [6, 6.07) is 20.0. The van der Waals surface area contributed by atoms with Gasteiger partial charge in [-0.15, -0.1) is 0 Å². The van der Waals surface area contributed by atoms with Gasteiger partial charge in [-0.1, -0.05) is 48.5 Å². The van der Waals surface area contributed by atoms with Crippen LogP contribution in [0.4, 0.5) is 5.69 Å². The van der Waals surface area contributed by atoms with E-state index in [0.29, 0.717) is 0 Å². The number of nitrogens with zero attached hydrogens (tertiary/aromatic N) is 1. The van der Waals surface area contributed by atoms with Crippen LogP contribution in [0.25, 0.3) is 5.57 Å². The van der Waals surface area contributed by atoms with E-state index in [9.17, 15) is 0 Å². The predicted octanol–water partition coefficient (Wildman–Crippen LogP) is 4.09. The molecule has 2 rings (SSSR count). The quantitative estimate of drug-likeness (QED) is 0.658. The van der Waals surface area contributed by atoms with Crippen LogP contribution in [0, 0.1) is 0 Å². The Balaban J connectivity index is 2.29. The fourth-order valence-electron chi connectivity index (χ4n) is 1.40. The first-order valence-corrected chi connectivity index (χ1v) is 5.27. The zero-order chi connectivity index (χ0) is 11.2. The number of para-hydroxylation sites is 1. The van der Waals surface area contributed by atoms with Crippen molar-refractivity contribution >= 4 is 17.1 Å². The maximum absolute atomic E-state index is 4.30. The molecule has 0 aromatic heterocycles. The minimum absolute atomic E-state index is 0.929. The van der Waals surface area contributed by atoms with Crippen molar-refractivity contribution in [3.05, 3.63) is 66.2 Å². The van der Waals surface area contributed by atoms with Gasteiger partial charge in [0.05, 0.1) is 5.69 Å². The Kier molecular flexibility index (Phi) is 3.32. The Morgan fingerprint density at radius 3 is 2.06 bits per heavy atom. The van der Waals surface area contributed by atoms with Crippen LogP contribution in [0.3, 0.4) is 0 Å². The molecule has 16 heavy (non-hydrogen) atoms. The van der Waals surface area contributed by atoms with E-state index in [0.717, 1.165) is 16.8 Å². The van der Waals surface area contributed by atoms with Crippen LogP contribution in [0.15, 0.2) is 65.7 Å². The third-order valence-electron chi connectivity index (χ3n) is 2.32. The average molecular weight is 207 g/mol. The lowest BCUT2D eigenvalue weighted by Crippen LogP contribution is -1.77. The maximum Gasteiger partial charge on any atom is 0.0729 e. The van der Waals surface area contributed by atoms with Gasteiger partial charge in [0.15, 0.2) is 0 Å². The molecule has 1 nitrogen and oxygen atoms in total. The monoisotopic (exact) mass is 207 g/mol. The van der Waals surface area contributed by atoms with Crippen LogP contribution in [-0.4, -0.2) is 5.87 Å². The normalized spacial score (nSPS) is 9.31. The highest BCUT2D eigenvalue weighted by atomic mass is 14.7. The summed E-state index contributed by atoms with van der Waals surface area (Å²) >= 11 is 0. The number of aliphatic imine (C=N–C) groups is 1. The summed E-state index contributed by atoms with van der Waals surface area (Å²) in [5, 5.41) is 0. The predicted molar refractivity (Wildman–Crippen MR) is 69.1 cm³/mol. The van der Waals surface area contributed by atoms with E-state index in [-0.39, 0.29) is 0 Å². The standard InChI is InChI=1S/C15H13N/c1-13(14-8-4-2-5-9-14)12-16-15-10-6-3-7-11-15/h2-11H,1H3. The highest BCUT2D eigenvalue weighted by molar-refractivity contribution is 5.89. The van der Waals surface area contributed by atoms with E-state index >= 15 is 0 Å². The van der Waals surface area contributed by atoms with Crippen molar-refractivity contribution in [1.29, 1.82) is 0 Å². The van der Waals surface area contributed by atoms with E-state index in [1.165, 1.54) is 0 Å². The van der Waals surface area contributed by atoms with Gasteiger partial charge in [0.2, 0.25) is 0 Å². The molecule has 2 aromatic carbocycles. The van der Waals surface area contributed by atoms with E-state index in [2.05, 4.69) is 23.0 Å². The molecule has 0 radical (unpaired) electrons. The van der Waals surface area contributed by atoms with Crippen LogP contribution in [0.1, 0.15) is 12.5 Å². The molecule has 0 fully saturated rings. The molecule has 0 unspecified atom stereocenters. The number of allylic oxidation sites excluding steroid dienone is 1. The lowest BCUT2D eigenvalue weighted by molar-refractivity contribution is 1.53. The van der Waals surface area contributed by atoms with Crippen molar-refractivity contribution in [3.8, 4) is 0 Å². The first-order chi connectivity index (χ1) is 7.86. The van der Waals surface area contributed by atoms with Crippen molar-refractivity contribution < 1.29 is 0 Å². The van der Waals surface area contributed by atoms with Gasteiger partial charge in [-0.05, 0) is 30.5 Å². The molecule has 0 saturated heterocycles. The zero-order valence-corrected chi connectivity index (χ0v) is 9.22. The lowest BCUT2D eigenvalue weighted by Gasteiger charge is -1.95. The van der Waals surface area contributed by atoms with Gasteiger partial charge in [-0.25, -0.2) is 4.99 Å². The second kappa shape index (κ2) is 5.11. The van der Waals surface area contributed by atoms with Crippen molar-refractivity contribution in [2.75, 3.05) is 0 Å². The molecule has 0 amide bonds. The Morgan fingerprint density at radius 1 is 0.875 bits per heavy atom. The average Bonchev–Trinajstić information content (AvgIpc) is 2.38. The van der Waals surface area contributed by atoms with E-state index < -0.39 is 0 Å². The molecule has 2 aromatic rings. The van der Waals surface area contributed by atoms with Gasteiger partial charge < -0.3 is 0 Å². The topological polar surface area (TPSA) is 12.4 Å². The molecule has 1 heteroatoms. The molecule has 0 atom stereocenters. The van der Waals surface area contributed by atoms with Gasteiger partial charge in [-0.3, -0.25) is 0 Å². The third kappa shape index (κ3) is 2.69. The molecule has 0 aliphatic heterocycles. The minimum atomic E-state index is 0.929. The second-order valence-corrected chi connectivity index (χ2v) is 3.55. The fourth-order valence-corrected chi connectivity index (χ4v) is 1.40. The highest BCUT2D eigenvalue weighted by Crippen LogP contribution is 2.12. The molecule has 78 valence electrons. The molecular formula is C15H13N. The summed E-state index contributed by atoms with van der Waals surface area (Å²) in [6.45, 7) is 2.02. The van der Waals surface area contributed by atoms with Crippen LogP contribution in [0.5, 0.6) is 0 Å². The largest absolute Gasteiger partial charge is 0.206 e. The van der Waals surface area contributed by atoms with Gasteiger partial charge in [0.1, 0.15) is 0 Å². The van der Waals surface area contributed by atoms with E-state index in [4.69, 9.17) is 0 Å². The van der Waals surface area contributed by atoms with Crippen molar-refractivity contribution in [3.63, 3.8) is 0 Å². The minimum Gasteiger partial charge on any atom is -0.206 e. The molecule has 0 heterocycles. The number of rotatable bonds is 2. The Hall–Kier alpha value is -2.11. The van der Waals surface area contributed by atoms with Crippen LogP contribution >= 0.6 is 0 Å². The molecule has 0 aliphatic rings. The van der Waals surface area contributed by atoms with E-state index in [1.807, 2.05) is 55.5 Å². The molecule has 0 N–H and O–H groups in total. The van der Waals surface area contributed by atoms with Crippen LogP contribution < -0.4 is 0 Å². The fraction of sp³-hybridized carbons (Fsp3) is 0.0667. The smallest absolute Gasteiger partial charge is 0.0729 e. The summed E-state index contributed by atoms with van der Waals surface area (Å²) in [7, 11) is 0. The van der Waals surface area contributed by atoms with E-state index in [1.54, 1.807) is 0 Å². The van der Waals surface area contributed by atoms with Crippen molar-refractivity contribution in [2.24, 2.45) is 4.99 Å². The van der Waals surface area contributed by atoms with Crippen molar-refractivity contribution in [1.82, 2.24) is 0 Å². The first kappa shape index (κ1) is 10.4. The summed E-state index contributed by atoms with van der Waals surface area (Å²) in [5.74, 6) is 3.06. The first-order valence-electron chi connectivity index (χ1n) is 5.27. The van der Waals surface area contributed by atoms with Gasteiger partial charge >= 0.3 is 0 Å². The van der Waals surface area contributed by atoms with Crippen molar-refractivity contribution in [2.45, 2.75) is 6.92 Å². The Morgan fingerprint density at radius 2 is 1.44 bits per heavy atom. The summed E-state index contributed by atoms with van der Waals surface area (Å²) in [4.78, 5) is 4.30. The maximum atomic E-state index is 4.30. The second-order valence-electron chi connectivity index (χ2n) is 3.55. The summed E-state index contributed by atoms with van der Waals surface area (Å²) in [5.41, 5.74) is 3.13. The van der Waals surface area contributed by atoms with Gasteiger partial charge in [-0.2, -0.15) is 0 Å². The zero-order valence-electron chi connectivity index (χ0n) is 9.22. The lowest BCUT2D eigenvalue weighted by atomic mass is 10.1. The molecule has 0 aliphatic carbocycles. The highest BCUT2D eigenvalue weighted by Gasteiger charge is 1.91. The van der Waals surface area contributed by atoms with Gasteiger partial charge in [0.25, 0.3) is 0 Å². The third-order valence-corrected chi connectivity index (χ3v) is 2.32.